The van der Waals surface area contributed by atoms with Crippen molar-refractivity contribution in [1.29, 1.82) is 0 Å². The van der Waals surface area contributed by atoms with Gasteiger partial charge in [0.1, 0.15) is 5.75 Å². The fourth-order valence-electron chi connectivity index (χ4n) is 4.49. The zero-order valence-corrected chi connectivity index (χ0v) is 15.2. The van der Waals surface area contributed by atoms with E-state index in [1.54, 1.807) is 7.11 Å². The highest BCUT2D eigenvalue weighted by Crippen LogP contribution is 2.32. The highest BCUT2D eigenvalue weighted by molar-refractivity contribution is 5.78. The molecule has 0 saturated carbocycles. The van der Waals surface area contributed by atoms with Crippen LogP contribution >= 0.6 is 0 Å². The summed E-state index contributed by atoms with van der Waals surface area (Å²) in [5.74, 6) is 1.36. The molecule has 0 aliphatic carbocycles. The molecule has 0 unspecified atom stereocenters. The van der Waals surface area contributed by atoms with E-state index in [1.807, 2.05) is 18.2 Å². The molecule has 24 heavy (non-hydrogen) atoms. The first-order valence-corrected chi connectivity index (χ1v) is 9.24. The summed E-state index contributed by atoms with van der Waals surface area (Å²) in [6, 6.07) is 9.01. The van der Waals surface area contributed by atoms with Crippen LogP contribution < -0.4 is 4.74 Å². The Balaban J connectivity index is 1.67. The quantitative estimate of drug-likeness (QED) is 0.831. The van der Waals surface area contributed by atoms with Crippen LogP contribution in [0.5, 0.6) is 5.75 Å². The molecule has 4 nitrogen and oxygen atoms in total. The average Bonchev–Trinajstić information content (AvgIpc) is 3.22. The van der Waals surface area contributed by atoms with Gasteiger partial charge in [0.25, 0.3) is 0 Å². The lowest BCUT2D eigenvalue weighted by Gasteiger charge is -2.34. The Morgan fingerprint density at radius 3 is 2.62 bits per heavy atom. The average molecular weight is 330 g/mol. The second-order valence-corrected chi connectivity index (χ2v) is 7.33. The van der Waals surface area contributed by atoms with Crippen molar-refractivity contribution in [3.63, 3.8) is 0 Å². The van der Waals surface area contributed by atoms with Crippen molar-refractivity contribution in [2.75, 3.05) is 27.2 Å². The molecule has 1 aromatic rings. The minimum atomic E-state index is 0.177. The van der Waals surface area contributed by atoms with Crippen LogP contribution in [0, 0.1) is 0 Å². The van der Waals surface area contributed by atoms with Gasteiger partial charge in [0.2, 0.25) is 5.91 Å². The van der Waals surface area contributed by atoms with Crippen LogP contribution in [0.15, 0.2) is 24.3 Å². The molecule has 0 bridgehead atoms. The van der Waals surface area contributed by atoms with Gasteiger partial charge in [-0.1, -0.05) is 25.1 Å². The normalized spacial score (nSPS) is 25.9. The first-order chi connectivity index (χ1) is 11.6. The van der Waals surface area contributed by atoms with Gasteiger partial charge in [-0.05, 0) is 56.8 Å². The molecule has 0 radical (unpaired) electrons. The van der Waals surface area contributed by atoms with E-state index in [1.165, 1.54) is 19.4 Å². The van der Waals surface area contributed by atoms with Gasteiger partial charge in [-0.2, -0.15) is 0 Å². The maximum absolute atomic E-state index is 13.0. The smallest absolute Gasteiger partial charge is 0.223 e. The Kier molecular flexibility index (Phi) is 5.44. The number of nitrogens with zero attached hydrogens (tertiary/aromatic N) is 2. The predicted molar refractivity (Wildman–Crippen MR) is 96.4 cm³/mol. The van der Waals surface area contributed by atoms with Gasteiger partial charge in [-0.3, -0.25) is 4.79 Å². The zero-order chi connectivity index (χ0) is 17.1. The molecule has 2 aliphatic heterocycles. The van der Waals surface area contributed by atoms with Crippen LogP contribution in [0.2, 0.25) is 0 Å². The van der Waals surface area contributed by atoms with Crippen molar-refractivity contribution >= 4 is 5.91 Å². The van der Waals surface area contributed by atoms with Crippen LogP contribution in [0.25, 0.3) is 0 Å². The molecule has 2 fully saturated rings. The van der Waals surface area contributed by atoms with E-state index < -0.39 is 0 Å². The number of ether oxygens (including phenoxy) is 1. The molecule has 2 aliphatic rings. The van der Waals surface area contributed by atoms with Crippen LogP contribution in [-0.2, 0) is 4.79 Å². The molecule has 0 aromatic heterocycles. The Morgan fingerprint density at radius 2 is 1.92 bits per heavy atom. The van der Waals surface area contributed by atoms with Crippen LogP contribution in [0.1, 0.15) is 50.5 Å². The summed E-state index contributed by atoms with van der Waals surface area (Å²) in [6.07, 6.45) is 5.35. The summed E-state index contributed by atoms with van der Waals surface area (Å²) in [4.78, 5) is 17.6. The second-order valence-electron chi connectivity index (χ2n) is 7.33. The zero-order valence-electron chi connectivity index (χ0n) is 15.2. The largest absolute Gasteiger partial charge is 0.496 e. The maximum Gasteiger partial charge on any atom is 0.223 e. The van der Waals surface area contributed by atoms with E-state index in [2.05, 4.69) is 29.8 Å². The molecular weight excluding hydrogens is 300 g/mol. The standard InChI is InChI=1S/C20H30N2O2/c1-15(16-8-4-5-11-19(16)24-3)14-20(23)22-13-7-10-18(22)17-9-6-12-21(17)2/h4-5,8,11,15,17-18H,6-7,9-10,12-14H2,1-3H3/t15-,17-,18-/m1/s1. The molecule has 2 saturated heterocycles. The van der Waals surface area contributed by atoms with Crippen LogP contribution in [-0.4, -0.2) is 55.0 Å². The summed E-state index contributed by atoms with van der Waals surface area (Å²) in [5, 5.41) is 0. The number of para-hydroxylation sites is 1. The lowest BCUT2D eigenvalue weighted by Crippen LogP contribution is -2.47. The molecule has 4 heteroatoms. The van der Waals surface area contributed by atoms with Gasteiger partial charge in [0.05, 0.1) is 7.11 Å². The highest BCUT2D eigenvalue weighted by Gasteiger charge is 2.38. The molecular formula is C20H30N2O2. The molecule has 132 valence electrons. The van der Waals surface area contributed by atoms with Crippen LogP contribution in [0.3, 0.4) is 0 Å². The Morgan fingerprint density at radius 1 is 1.21 bits per heavy atom. The third-order valence-electron chi connectivity index (χ3n) is 5.79. The van der Waals surface area contributed by atoms with Gasteiger partial charge in [-0.25, -0.2) is 0 Å². The van der Waals surface area contributed by atoms with Crippen molar-refractivity contribution < 1.29 is 9.53 Å². The number of rotatable bonds is 5. The monoisotopic (exact) mass is 330 g/mol. The van der Waals surface area contributed by atoms with Gasteiger partial charge in [0.15, 0.2) is 0 Å². The maximum atomic E-state index is 13.0. The van der Waals surface area contributed by atoms with Gasteiger partial charge >= 0.3 is 0 Å². The summed E-state index contributed by atoms with van der Waals surface area (Å²) in [7, 11) is 3.90. The number of hydrogen-bond donors (Lipinski definition) is 0. The van der Waals surface area contributed by atoms with E-state index in [4.69, 9.17) is 4.74 Å². The topological polar surface area (TPSA) is 32.8 Å². The predicted octanol–water partition coefficient (Wildman–Crippen LogP) is 3.27. The van der Waals surface area contributed by atoms with Gasteiger partial charge in [-0.15, -0.1) is 0 Å². The Hall–Kier alpha value is -1.55. The number of amides is 1. The summed E-state index contributed by atoms with van der Waals surface area (Å²) in [5.41, 5.74) is 1.13. The number of methoxy groups -OCH3 is 1. The Labute approximate surface area is 145 Å². The third kappa shape index (κ3) is 3.44. The van der Waals surface area contributed by atoms with Crippen molar-refractivity contribution in [2.45, 2.75) is 57.0 Å². The number of carbonyl (C=O) groups excluding carboxylic acids is 1. The lowest BCUT2D eigenvalue weighted by molar-refractivity contribution is -0.133. The first kappa shape index (κ1) is 17.3. The molecule has 1 amide bonds. The van der Waals surface area contributed by atoms with E-state index in [9.17, 15) is 4.79 Å². The number of carbonyl (C=O) groups is 1. The fourth-order valence-corrected chi connectivity index (χ4v) is 4.49. The van der Waals surface area contributed by atoms with Crippen molar-refractivity contribution in [2.24, 2.45) is 0 Å². The van der Waals surface area contributed by atoms with Gasteiger partial charge < -0.3 is 14.5 Å². The fraction of sp³-hybridized carbons (Fsp3) is 0.650. The summed E-state index contributed by atoms with van der Waals surface area (Å²) in [6.45, 7) is 4.22. The van der Waals surface area contributed by atoms with Crippen molar-refractivity contribution in [3.05, 3.63) is 29.8 Å². The van der Waals surface area contributed by atoms with Crippen LogP contribution in [0.4, 0.5) is 0 Å². The van der Waals surface area contributed by atoms with E-state index >= 15 is 0 Å². The third-order valence-corrected chi connectivity index (χ3v) is 5.79. The van der Waals surface area contributed by atoms with E-state index in [0.717, 1.165) is 30.7 Å². The number of likely N-dealkylation sites (N-methyl/N-ethyl adjacent to an activating group) is 1. The molecule has 1 aromatic carbocycles. The lowest BCUT2D eigenvalue weighted by atomic mass is 9.95. The number of likely N-dealkylation sites (tertiary alicyclic amines) is 2. The molecule has 3 rings (SSSR count). The van der Waals surface area contributed by atoms with E-state index in [-0.39, 0.29) is 5.92 Å². The summed E-state index contributed by atoms with van der Waals surface area (Å²) >= 11 is 0. The minimum absolute atomic E-state index is 0.177. The van der Waals surface area contributed by atoms with Crippen molar-refractivity contribution in [3.8, 4) is 5.75 Å². The molecule has 0 N–H and O–H groups in total. The summed E-state index contributed by atoms with van der Waals surface area (Å²) < 4.78 is 5.46. The minimum Gasteiger partial charge on any atom is -0.496 e. The van der Waals surface area contributed by atoms with E-state index in [0.29, 0.717) is 24.4 Å². The van der Waals surface area contributed by atoms with Gasteiger partial charge in [0, 0.05) is 25.0 Å². The molecule has 3 atom stereocenters. The Bertz CT molecular complexity index is 575. The molecule has 2 heterocycles. The first-order valence-electron chi connectivity index (χ1n) is 9.24. The SMILES string of the molecule is COc1ccccc1[C@H](C)CC(=O)N1CCC[C@@H]1[C@H]1CCCN1C. The van der Waals surface area contributed by atoms with Crippen molar-refractivity contribution in [1.82, 2.24) is 9.80 Å². The highest BCUT2D eigenvalue weighted by atomic mass is 16.5. The molecule has 0 spiro atoms. The number of benzene rings is 1. The second kappa shape index (κ2) is 7.56. The number of hydrogen-bond acceptors (Lipinski definition) is 3.